The van der Waals surface area contributed by atoms with Crippen molar-refractivity contribution in [2.24, 2.45) is 0 Å². The van der Waals surface area contributed by atoms with E-state index in [1.54, 1.807) is 0 Å². The second-order valence-corrected chi connectivity index (χ2v) is 8.71. The lowest BCUT2D eigenvalue weighted by molar-refractivity contribution is 0.372. The van der Waals surface area contributed by atoms with Crippen LogP contribution in [0.3, 0.4) is 0 Å². The Labute approximate surface area is 169 Å². The number of nitrogens with zero attached hydrogens (tertiary/aromatic N) is 3. The molecule has 1 saturated carbocycles. The number of hydrogen-bond donors (Lipinski definition) is 1. The lowest BCUT2D eigenvalue weighted by atomic mass is 10.3. The van der Waals surface area contributed by atoms with E-state index in [9.17, 15) is 17.6 Å². The number of sulfonamides is 1. The van der Waals surface area contributed by atoms with Crippen LogP contribution in [-0.4, -0.2) is 23.1 Å². The highest BCUT2D eigenvalue weighted by Crippen LogP contribution is 2.38. The van der Waals surface area contributed by atoms with Gasteiger partial charge in [-0.15, -0.1) is 0 Å². The van der Waals surface area contributed by atoms with Crippen LogP contribution in [0.1, 0.15) is 30.5 Å². The van der Waals surface area contributed by atoms with Gasteiger partial charge in [0.15, 0.2) is 11.4 Å². The molecular formula is C19H15FN4O5S. The Bertz CT molecular complexity index is 1420. The number of fused-ring (bicyclic) bond motifs is 1. The van der Waals surface area contributed by atoms with Crippen molar-refractivity contribution in [3.05, 3.63) is 70.5 Å². The molecule has 30 heavy (non-hydrogen) atoms. The molecule has 1 N–H and O–H groups in total. The average molecular weight is 430 g/mol. The quantitative estimate of drug-likeness (QED) is 0.499. The van der Waals surface area contributed by atoms with Crippen molar-refractivity contribution in [3.8, 4) is 0 Å². The van der Waals surface area contributed by atoms with Gasteiger partial charge in [-0.05, 0) is 43.2 Å². The van der Waals surface area contributed by atoms with Crippen LogP contribution < -0.4 is 10.5 Å². The molecule has 0 aliphatic heterocycles. The predicted molar refractivity (Wildman–Crippen MR) is 103 cm³/mol. The molecule has 0 saturated heterocycles. The van der Waals surface area contributed by atoms with Gasteiger partial charge < -0.3 is 8.94 Å². The van der Waals surface area contributed by atoms with E-state index in [1.165, 1.54) is 41.0 Å². The minimum Gasteiger partial charge on any atom is -0.408 e. The largest absolute Gasteiger partial charge is 0.420 e. The monoisotopic (exact) mass is 430 g/mol. The molecule has 2 aromatic carbocycles. The van der Waals surface area contributed by atoms with Gasteiger partial charge in [-0.25, -0.2) is 17.6 Å². The molecule has 2 aromatic heterocycles. The summed E-state index contributed by atoms with van der Waals surface area (Å²) >= 11 is 0. The maximum Gasteiger partial charge on any atom is 0.420 e. The fourth-order valence-corrected chi connectivity index (χ4v) is 4.16. The van der Waals surface area contributed by atoms with Crippen LogP contribution in [0.15, 0.2) is 61.1 Å². The standard InChI is InChI=1S/C19H15FN4O5S/c20-12-2-1-3-13(8-12)23-30(26,27)14-6-7-15-16(9-14)28-19(25)24(15)10-17-21-18(29-22-17)11-4-5-11/h1-3,6-9,11,23H,4-5,10H2. The Morgan fingerprint density at radius 1 is 1.20 bits per heavy atom. The van der Waals surface area contributed by atoms with Gasteiger partial charge in [0.05, 0.1) is 22.6 Å². The Morgan fingerprint density at radius 3 is 2.80 bits per heavy atom. The van der Waals surface area contributed by atoms with Crippen LogP contribution >= 0.6 is 0 Å². The minimum atomic E-state index is -4.01. The molecule has 0 unspecified atom stereocenters. The van der Waals surface area contributed by atoms with Crippen LogP contribution in [0.5, 0.6) is 0 Å². The number of hydrogen-bond acceptors (Lipinski definition) is 7. The topological polar surface area (TPSA) is 120 Å². The zero-order chi connectivity index (χ0) is 20.9. The van der Waals surface area contributed by atoms with Gasteiger partial charge in [-0.1, -0.05) is 11.2 Å². The number of benzene rings is 2. The van der Waals surface area contributed by atoms with E-state index in [0.717, 1.165) is 18.9 Å². The molecule has 0 amide bonds. The van der Waals surface area contributed by atoms with Gasteiger partial charge in [0.1, 0.15) is 5.82 Å². The van der Waals surface area contributed by atoms with Crippen molar-refractivity contribution in [2.45, 2.75) is 30.2 Å². The summed E-state index contributed by atoms with van der Waals surface area (Å²) in [6, 6.07) is 9.12. The van der Waals surface area contributed by atoms with Gasteiger partial charge in [0.25, 0.3) is 10.0 Å². The molecule has 0 radical (unpaired) electrons. The van der Waals surface area contributed by atoms with Gasteiger partial charge >= 0.3 is 5.76 Å². The van der Waals surface area contributed by atoms with E-state index in [1.807, 2.05) is 0 Å². The Hall–Kier alpha value is -3.47. The van der Waals surface area contributed by atoms with E-state index >= 15 is 0 Å². The van der Waals surface area contributed by atoms with Crippen LogP contribution in [0, 0.1) is 5.82 Å². The summed E-state index contributed by atoms with van der Waals surface area (Å²) < 4.78 is 52.6. The highest BCUT2D eigenvalue weighted by atomic mass is 32.2. The fourth-order valence-electron chi connectivity index (χ4n) is 3.10. The van der Waals surface area contributed by atoms with Gasteiger partial charge in [-0.2, -0.15) is 4.98 Å². The van der Waals surface area contributed by atoms with Crippen LogP contribution in [0.4, 0.5) is 10.1 Å². The highest BCUT2D eigenvalue weighted by Gasteiger charge is 2.29. The molecule has 0 atom stereocenters. The summed E-state index contributed by atoms with van der Waals surface area (Å²) in [6.45, 7) is 0.0374. The molecule has 11 heteroatoms. The van der Waals surface area contributed by atoms with Gasteiger partial charge in [0, 0.05) is 12.0 Å². The molecule has 1 aliphatic carbocycles. The minimum absolute atomic E-state index is 0.0374. The lowest BCUT2D eigenvalue weighted by Crippen LogP contribution is -2.15. The lowest BCUT2D eigenvalue weighted by Gasteiger charge is -2.08. The third-order valence-electron chi connectivity index (χ3n) is 4.74. The number of rotatable bonds is 6. The average Bonchev–Trinajstić information content (AvgIpc) is 3.36. The molecule has 0 spiro atoms. The zero-order valence-corrected chi connectivity index (χ0v) is 16.2. The summed E-state index contributed by atoms with van der Waals surface area (Å²) in [7, 11) is -4.01. The van der Waals surface area contributed by atoms with Gasteiger partial charge in [-0.3, -0.25) is 9.29 Å². The SMILES string of the molecule is O=c1oc2cc(S(=O)(=O)Nc3cccc(F)c3)ccc2n1Cc1noc(C2CC2)n1. The first-order valence-electron chi connectivity index (χ1n) is 9.13. The Balaban J connectivity index is 1.45. The molecule has 0 bridgehead atoms. The molecule has 9 nitrogen and oxygen atoms in total. The predicted octanol–water partition coefficient (Wildman–Crippen LogP) is 2.84. The van der Waals surface area contributed by atoms with Crippen molar-refractivity contribution >= 4 is 26.8 Å². The molecule has 1 fully saturated rings. The number of nitrogens with one attached hydrogen (secondary N) is 1. The first kappa shape index (κ1) is 18.6. The van der Waals surface area contributed by atoms with Crippen LogP contribution in [-0.2, 0) is 16.6 Å². The van der Waals surface area contributed by atoms with Crippen molar-refractivity contribution in [1.29, 1.82) is 0 Å². The summed E-state index contributed by atoms with van der Waals surface area (Å²) in [5.74, 6) is -0.0494. The number of aromatic nitrogens is 3. The Morgan fingerprint density at radius 2 is 2.03 bits per heavy atom. The van der Waals surface area contributed by atoms with Crippen LogP contribution in [0.2, 0.25) is 0 Å². The third-order valence-corrected chi connectivity index (χ3v) is 6.12. The van der Waals surface area contributed by atoms with E-state index in [2.05, 4.69) is 14.9 Å². The molecule has 154 valence electrons. The first-order chi connectivity index (χ1) is 14.4. The van der Waals surface area contributed by atoms with E-state index in [-0.39, 0.29) is 22.7 Å². The first-order valence-corrected chi connectivity index (χ1v) is 10.6. The third kappa shape index (κ3) is 3.47. The summed E-state index contributed by atoms with van der Waals surface area (Å²) in [6.07, 6.45) is 2.02. The zero-order valence-electron chi connectivity index (χ0n) is 15.4. The number of halogens is 1. The van der Waals surface area contributed by atoms with Crippen molar-refractivity contribution < 1.29 is 21.7 Å². The Kier molecular flexibility index (Phi) is 4.21. The number of oxazole rings is 1. The highest BCUT2D eigenvalue weighted by molar-refractivity contribution is 7.92. The van der Waals surface area contributed by atoms with Crippen molar-refractivity contribution in [3.63, 3.8) is 0 Å². The molecule has 5 rings (SSSR count). The van der Waals surface area contributed by atoms with Crippen molar-refractivity contribution in [2.75, 3.05) is 4.72 Å². The van der Waals surface area contributed by atoms with E-state index < -0.39 is 21.6 Å². The molecular weight excluding hydrogens is 415 g/mol. The summed E-state index contributed by atoms with van der Waals surface area (Å²) in [5.41, 5.74) is 0.563. The molecule has 2 heterocycles. The second-order valence-electron chi connectivity index (χ2n) is 7.02. The maximum absolute atomic E-state index is 13.3. The van der Waals surface area contributed by atoms with E-state index in [0.29, 0.717) is 23.1 Å². The molecule has 1 aliphatic rings. The normalized spacial score (nSPS) is 14.3. The maximum atomic E-state index is 13.3. The fraction of sp³-hybridized carbons (Fsp3) is 0.211. The number of anilines is 1. The smallest absolute Gasteiger partial charge is 0.408 e. The summed E-state index contributed by atoms with van der Waals surface area (Å²) in [4.78, 5) is 16.5. The van der Waals surface area contributed by atoms with E-state index in [4.69, 9.17) is 8.94 Å². The molecule has 4 aromatic rings. The van der Waals surface area contributed by atoms with Crippen molar-refractivity contribution in [1.82, 2.24) is 14.7 Å². The van der Waals surface area contributed by atoms with Gasteiger partial charge in [0.2, 0.25) is 5.89 Å². The summed E-state index contributed by atoms with van der Waals surface area (Å²) in [5, 5.41) is 3.89. The van der Waals surface area contributed by atoms with Crippen LogP contribution in [0.25, 0.3) is 11.1 Å². The second kappa shape index (κ2) is 6.80.